The summed E-state index contributed by atoms with van der Waals surface area (Å²) in [5.74, 6) is -0.639. The summed E-state index contributed by atoms with van der Waals surface area (Å²) in [4.78, 5) is 16.2. The van der Waals surface area contributed by atoms with E-state index in [0.717, 1.165) is 10.4 Å². The molecule has 2 rings (SSSR count). The van der Waals surface area contributed by atoms with Crippen LogP contribution >= 0.6 is 0 Å². The summed E-state index contributed by atoms with van der Waals surface area (Å²) in [5, 5.41) is 0.637. The third kappa shape index (κ3) is 3.77. The van der Waals surface area contributed by atoms with E-state index in [4.69, 9.17) is 0 Å². The number of nitrogens with zero attached hydrogens (tertiary/aromatic N) is 1. The molecule has 0 aliphatic rings. The molecule has 0 radical (unpaired) electrons. The standard InChI is InChI=1S/C15H17F3N2O/c1-10(2)8-20(9-15(16,17)18)14(21)12-7-19-13-6-4-3-5-11(12)13/h3-7,10,19H,8-9H2,1-2H3. The molecule has 21 heavy (non-hydrogen) atoms. The lowest BCUT2D eigenvalue weighted by Gasteiger charge is -2.25. The number of benzene rings is 1. The van der Waals surface area contributed by atoms with Gasteiger partial charge in [0.2, 0.25) is 0 Å². The van der Waals surface area contributed by atoms with E-state index in [1.807, 2.05) is 0 Å². The maximum absolute atomic E-state index is 12.7. The topological polar surface area (TPSA) is 36.1 Å². The maximum atomic E-state index is 12.7. The van der Waals surface area contributed by atoms with Crippen LogP contribution in [-0.2, 0) is 0 Å². The van der Waals surface area contributed by atoms with Gasteiger partial charge in [0.1, 0.15) is 6.54 Å². The van der Waals surface area contributed by atoms with Gasteiger partial charge in [-0.15, -0.1) is 0 Å². The quantitative estimate of drug-likeness (QED) is 0.915. The number of carbonyl (C=O) groups excluding carboxylic acids is 1. The van der Waals surface area contributed by atoms with E-state index in [9.17, 15) is 18.0 Å². The molecule has 3 nitrogen and oxygen atoms in total. The number of aromatic amines is 1. The molecule has 1 N–H and O–H groups in total. The molecular formula is C15H17F3N2O. The molecule has 1 amide bonds. The van der Waals surface area contributed by atoms with Gasteiger partial charge in [-0.2, -0.15) is 13.2 Å². The Balaban J connectivity index is 2.33. The number of rotatable bonds is 4. The Morgan fingerprint density at radius 3 is 2.57 bits per heavy atom. The van der Waals surface area contributed by atoms with Crippen molar-refractivity contribution in [3.8, 4) is 0 Å². The number of H-pyrrole nitrogens is 1. The largest absolute Gasteiger partial charge is 0.406 e. The van der Waals surface area contributed by atoms with Crippen LogP contribution < -0.4 is 0 Å². The minimum Gasteiger partial charge on any atom is -0.360 e. The number of alkyl halides is 3. The Hall–Kier alpha value is -1.98. The van der Waals surface area contributed by atoms with Crippen LogP contribution in [0.2, 0.25) is 0 Å². The number of amides is 1. The first-order valence-corrected chi connectivity index (χ1v) is 6.70. The monoisotopic (exact) mass is 298 g/mol. The number of hydrogen-bond donors (Lipinski definition) is 1. The Morgan fingerprint density at radius 1 is 1.29 bits per heavy atom. The lowest BCUT2D eigenvalue weighted by atomic mass is 10.1. The average molecular weight is 298 g/mol. The first kappa shape index (κ1) is 15.4. The van der Waals surface area contributed by atoms with E-state index in [1.165, 1.54) is 6.20 Å². The van der Waals surface area contributed by atoms with Crippen molar-refractivity contribution in [3.05, 3.63) is 36.0 Å². The molecule has 0 saturated carbocycles. The molecule has 1 aromatic heterocycles. The van der Waals surface area contributed by atoms with Gasteiger partial charge in [0, 0.05) is 23.6 Å². The van der Waals surface area contributed by atoms with Crippen LogP contribution in [0, 0.1) is 5.92 Å². The minimum atomic E-state index is -4.41. The van der Waals surface area contributed by atoms with Crippen LogP contribution in [-0.4, -0.2) is 35.1 Å². The summed E-state index contributed by atoms with van der Waals surface area (Å²) in [6.45, 7) is 2.40. The summed E-state index contributed by atoms with van der Waals surface area (Å²) in [7, 11) is 0. The predicted molar refractivity (Wildman–Crippen MR) is 75.1 cm³/mol. The van der Waals surface area contributed by atoms with E-state index < -0.39 is 18.6 Å². The second-order valence-electron chi connectivity index (χ2n) is 5.44. The van der Waals surface area contributed by atoms with Crippen LogP contribution in [0.1, 0.15) is 24.2 Å². The Kier molecular flexibility index (Phi) is 4.25. The summed E-state index contributed by atoms with van der Waals surface area (Å²) in [5.41, 5.74) is 1.01. The van der Waals surface area contributed by atoms with E-state index in [-0.39, 0.29) is 18.0 Å². The highest BCUT2D eigenvalue weighted by Crippen LogP contribution is 2.23. The van der Waals surface area contributed by atoms with Gasteiger partial charge in [-0.1, -0.05) is 32.0 Å². The fourth-order valence-electron chi connectivity index (χ4n) is 2.30. The average Bonchev–Trinajstić information content (AvgIpc) is 2.78. The highest BCUT2D eigenvalue weighted by molar-refractivity contribution is 6.06. The van der Waals surface area contributed by atoms with E-state index in [1.54, 1.807) is 38.1 Å². The molecule has 6 heteroatoms. The molecule has 0 saturated heterocycles. The van der Waals surface area contributed by atoms with Gasteiger partial charge in [-0.25, -0.2) is 0 Å². The van der Waals surface area contributed by atoms with Gasteiger partial charge in [0.25, 0.3) is 5.91 Å². The molecule has 0 bridgehead atoms. The van der Waals surface area contributed by atoms with E-state index in [0.29, 0.717) is 5.39 Å². The number of hydrogen-bond acceptors (Lipinski definition) is 1. The Morgan fingerprint density at radius 2 is 1.95 bits per heavy atom. The van der Waals surface area contributed by atoms with Crippen molar-refractivity contribution in [3.63, 3.8) is 0 Å². The number of halogens is 3. The van der Waals surface area contributed by atoms with Crippen molar-refractivity contribution in [1.29, 1.82) is 0 Å². The van der Waals surface area contributed by atoms with E-state index >= 15 is 0 Å². The molecule has 1 heterocycles. The number of carbonyl (C=O) groups is 1. The van der Waals surface area contributed by atoms with Gasteiger partial charge in [-0.3, -0.25) is 4.79 Å². The number of para-hydroxylation sites is 1. The number of fused-ring (bicyclic) bond motifs is 1. The van der Waals surface area contributed by atoms with Crippen molar-refractivity contribution in [2.24, 2.45) is 5.92 Å². The SMILES string of the molecule is CC(C)CN(CC(F)(F)F)C(=O)c1c[nH]c2ccccc12. The second-order valence-corrected chi connectivity index (χ2v) is 5.44. The molecule has 0 fully saturated rings. The first-order valence-electron chi connectivity index (χ1n) is 6.70. The van der Waals surface area contributed by atoms with Crippen LogP contribution in [0.15, 0.2) is 30.5 Å². The third-order valence-electron chi connectivity index (χ3n) is 3.06. The molecule has 0 aliphatic carbocycles. The zero-order chi connectivity index (χ0) is 15.6. The van der Waals surface area contributed by atoms with Gasteiger partial charge in [0.15, 0.2) is 0 Å². The summed E-state index contributed by atoms with van der Waals surface area (Å²) >= 11 is 0. The van der Waals surface area contributed by atoms with Crippen molar-refractivity contribution in [2.45, 2.75) is 20.0 Å². The molecule has 0 unspecified atom stereocenters. The van der Waals surface area contributed by atoms with Gasteiger partial charge in [0.05, 0.1) is 5.56 Å². The van der Waals surface area contributed by atoms with Gasteiger partial charge in [-0.05, 0) is 12.0 Å². The molecule has 0 spiro atoms. The minimum absolute atomic E-state index is 0.0403. The summed E-state index contributed by atoms with van der Waals surface area (Å²) in [6, 6.07) is 7.06. The lowest BCUT2D eigenvalue weighted by Crippen LogP contribution is -2.41. The zero-order valence-electron chi connectivity index (χ0n) is 11.9. The first-order chi connectivity index (χ1) is 9.78. The maximum Gasteiger partial charge on any atom is 0.406 e. The fraction of sp³-hybridized carbons (Fsp3) is 0.400. The molecular weight excluding hydrogens is 281 g/mol. The number of nitrogens with one attached hydrogen (secondary N) is 1. The molecule has 1 aromatic carbocycles. The number of aromatic nitrogens is 1. The van der Waals surface area contributed by atoms with Gasteiger partial charge >= 0.3 is 6.18 Å². The van der Waals surface area contributed by atoms with Crippen LogP contribution in [0.5, 0.6) is 0 Å². The van der Waals surface area contributed by atoms with Crippen LogP contribution in [0.3, 0.4) is 0 Å². The fourth-order valence-corrected chi connectivity index (χ4v) is 2.30. The second kappa shape index (κ2) is 5.79. The van der Waals surface area contributed by atoms with E-state index in [2.05, 4.69) is 4.98 Å². The third-order valence-corrected chi connectivity index (χ3v) is 3.06. The Bertz CT molecular complexity index is 631. The normalized spacial score (nSPS) is 12.1. The van der Waals surface area contributed by atoms with Crippen LogP contribution in [0.25, 0.3) is 10.9 Å². The van der Waals surface area contributed by atoms with Crippen molar-refractivity contribution >= 4 is 16.8 Å². The molecule has 0 aliphatic heterocycles. The molecule has 114 valence electrons. The van der Waals surface area contributed by atoms with Crippen LogP contribution in [0.4, 0.5) is 13.2 Å². The van der Waals surface area contributed by atoms with Crippen molar-refractivity contribution in [1.82, 2.24) is 9.88 Å². The Labute approximate surface area is 120 Å². The van der Waals surface area contributed by atoms with Crippen molar-refractivity contribution < 1.29 is 18.0 Å². The highest BCUT2D eigenvalue weighted by atomic mass is 19.4. The zero-order valence-corrected chi connectivity index (χ0v) is 11.9. The molecule has 2 aromatic rings. The van der Waals surface area contributed by atoms with Crippen molar-refractivity contribution in [2.75, 3.05) is 13.1 Å². The smallest absolute Gasteiger partial charge is 0.360 e. The van der Waals surface area contributed by atoms with Gasteiger partial charge < -0.3 is 9.88 Å². The predicted octanol–water partition coefficient (Wildman–Crippen LogP) is 3.83. The highest BCUT2D eigenvalue weighted by Gasteiger charge is 2.34. The lowest BCUT2D eigenvalue weighted by molar-refractivity contribution is -0.141. The summed E-state index contributed by atoms with van der Waals surface area (Å²) in [6.07, 6.45) is -2.94. The molecule has 0 atom stereocenters. The summed E-state index contributed by atoms with van der Waals surface area (Å²) < 4.78 is 38.0.